The largest absolute Gasteiger partial charge is 0.416 e. The summed E-state index contributed by atoms with van der Waals surface area (Å²) < 4.78 is 54.7. The van der Waals surface area contributed by atoms with Gasteiger partial charge in [0, 0.05) is 36.6 Å². The first kappa shape index (κ1) is 22.2. The lowest BCUT2D eigenvalue weighted by atomic mass is 9.96. The van der Waals surface area contributed by atoms with Gasteiger partial charge in [-0.25, -0.2) is 4.39 Å². The Morgan fingerprint density at radius 2 is 1.72 bits per heavy atom. The third-order valence-electron chi connectivity index (χ3n) is 3.96. The summed E-state index contributed by atoms with van der Waals surface area (Å²) in [6.45, 7) is 2.51. The van der Waals surface area contributed by atoms with Crippen molar-refractivity contribution in [2.75, 3.05) is 26.2 Å². The molecule has 9 heteroatoms. The Balaban J connectivity index is 0.00000156. The van der Waals surface area contributed by atoms with Crippen LogP contribution in [0.2, 0.25) is 0 Å². The van der Waals surface area contributed by atoms with E-state index >= 15 is 0 Å². The number of hydrogen-bond acceptors (Lipinski definition) is 3. The van der Waals surface area contributed by atoms with Crippen molar-refractivity contribution in [3.05, 3.63) is 57.5 Å². The van der Waals surface area contributed by atoms with Crippen LogP contribution in [0.4, 0.5) is 17.6 Å². The molecule has 1 aliphatic heterocycles. The Labute approximate surface area is 160 Å². The van der Waals surface area contributed by atoms with E-state index in [9.17, 15) is 17.6 Å². The maximum absolute atomic E-state index is 14.4. The van der Waals surface area contributed by atoms with E-state index in [0.717, 1.165) is 23.1 Å². The fourth-order valence-electron chi connectivity index (χ4n) is 2.95. The van der Waals surface area contributed by atoms with E-state index in [0.29, 0.717) is 26.2 Å². The van der Waals surface area contributed by atoms with Crippen LogP contribution in [-0.2, 0) is 6.18 Å². The van der Waals surface area contributed by atoms with Gasteiger partial charge in [0.2, 0.25) is 0 Å². The number of rotatable bonds is 3. The molecule has 0 unspecified atom stereocenters. The van der Waals surface area contributed by atoms with Gasteiger partial charge in [-0.3, -0.25) is 4.90 Å². The minimum absolute atomic E-state index is 0. The summed E-state index contributed by atoms with van der Waals surface area (Å²) in [5.41, 5.74) is -1.17. The summed E-state index contributed by atoms with van der Waals surface area (Å²) in [5.74, 6) is -0.809. The topological polar surface area (TPSA) is 15.3 Å². The van der Waals surface area contributed by atoms with Crippen LogP contribution in [0.1, 0.15) is 22.0 Å². The summed E-state index contributed by atoms with van der Waals surface area (Å²) in [4.78, 5) is 2.64. The fourth-order valence-corrected chi connectivity index (χ4v) is 3.82. The summed E-state index contributed by atoms with van der Waals surface area (Å²) in [6.07, 6.45) is -4.58. The molecule has 1 saturated heterocycles. The average molecular weight is 417 g/mol. The zero-order valence-electron chi connectivity index (χ0n) is 13.1. The van der Waals surface area contributed by atoms with E-state index in [1.807, 2.05) is 4.90 Å². The molecular formula is C16H18Cl2F4N2S. The number of hydrogen-bond donors (Lipinski definition) is 1. The smallest absolute Gasteiger partial charge is 0.314 e. The van der Waals surface area contributed by atoms with Gasteiger partial charge in [0.15, 0.2) is 0 Å². The molecule has 2 nitrogen and oxygen atoms in total. The second-order valence-electron chi connectivity index (χ2n) is 5.40. The van der Waals surface area contributed by atoms with Crippen LogP contribution in [-0.4, -0.2) is 31.1 Å². The lowest BCUT2D eigenvalue weighted by Gasteiger charge is -2.36. The molecule has 25 heavy (non-hydrogen) atoms. The molecule has 2 heterocycles. The molecule has 0 saturated carbocycles. The Kier molecular flexibility index (Phi) is 8.15. The zero-order valence-corrected chi connectivity index (χ0v) is 15.5. The van der Waals surface area contributed by atoms with Crippen molar-refractivity contribution in [1.82, 2.24) is 10.2 Å². The quantitative estimate of drug-likeness (QED) is 0.726. The normalized spacial score (nSPS) is 16.6. The molecule has 0 bridgehead atoms. The highest BCUT2D eigenvalue weighted by Crippen LogP contribution is 2.41. The zero-order chi connectivity index (χ0) is 16.4. The number of nitrogens with zero attached hydrogens (tertiary/aromatic N) is 1. The van der Waals surface area contributed by atoms with Crippen LogP contribution in [0.15, 0.2) is 35.7 Å². The number of thiophene rings is 1. The van der Waals surface area contributed by atoms with Gasteiger partial charge in [-0.15, -0.1) is 36.2 Å². The van der Waals surface area contributed by atoms with Crippen molar-refractivity contribution < 1.29 is 17.6 Å². The maximum Gasteiger partial charge on any atom is 0.416 e. The summed E-state index contributed by atoms with van der Waals surface area (Å²) >= 11 is 1.35. The Bertz CT molecular complexity index is 659. The molecule has 0 amide bonds. The highest BCUT2D eigenvalue weighted by atomic mass is 35.5. The van der Waals surface area contributed by atoms with Crippen molar-refractivity contribution >= 4 is 36.2 Å². The van der Waals surface area contributed by atoms with Gasteiger partial charge >= 0.3 is 6.18 Å². The van der Waals surface area contributed by atoms with E-state index in [1.165, 1.54) is 11.3 Å². The van der Waals surface area contributed by atoms with Gasteiger partial charge in [-0.1, -0.05) is 12.1 Å². The predicted molar refractivity (Wildman–Crippen MR) is 96.5 cm³/mol. The van der Waals surface area contributed by atoms with E-state index in [4.69, 9.17) is 0 Å². The average Bonchev–Trinajstić information content (AvgIpc) is 3.03. The van der Waals surface area contributed by atoms with Crippen LogP contribution >= 0.6 is 36.2 Å². The molecule has 0 radical (unpaired) electrons. The standard InChI is InChI=1S/C16H16F4N2S.2ClH/c17-12-4-1-3-11(16(18,19)20)14(12)15(13-5-2-10-23-13)22-8-6-21-7-9-22;;/h1-5,10,15,21H,6-9H2;2*1H/t15-;;/m1../s1. The molecule has 3 rings (SSSR count). The Morgan fingerprint density at radius 1 is 1.04 bits per heavy atom. The minimum atomic E-state index is -4.58. The second kappa shape index (κ2) is 9.19. The predicted octanol–water partition coefficient (Wildman–Crippen LogP) is 4.74. The number of nitrogens with one attached hydrogen (secondary N) is 1. The van der Waals surface area contributed by atoms with Crippen LogP contribution in [0.3, 0.4) is 0 Å². The van der Waals surface area contributed by atoms with E-state index in [1.54, 1.807) is 17.5 Å². The third kappa shape index (κ3) is 4.86. The molecular weight excluding hydrogens is 399 g/mol. The molecule has 1 fully saturated rings. The molecule has 0 aliphatic carbocycles. The van der Waals surface area contributed by atoms with Gasteiger partial charge in [0.05, 0.1) is 11.6 Å². The number of benzene rings is 1. The van der Waals surface area contributed by atoms with Crippen LogP contribution < -0.4 is 5.32 Å². The van der Waals surface area contributed by atoms with Gasteiger partial charge in [0.25, 0.3) is 0 Å². The minimum Gasteiger partial charge on any atom is -0.314 e. The highest BCUT2D eigenvalue weighted by molar-refractivity contribution is 7.10. The third-order valence-corrected chi connectivity index (χ3v) is 4.89. The van der Waals surface area contributed by atoms with Gasteiger partial charge in [-0.2, -0.15) is 13.2 Å². The van der Waals surface area contributed by atoms with Crippen LogP contribution in [0.5, 0.6) is 0 Å². The molecule has 2 aromatic rings. The van der Waals surface area contributed by atoms with Gasteiger partial charge < -0.3 is 5.32 Å². The van der Waals surface area contributed by atoms with Crippen molar-refractivity contribution in [1.29, 1.82) is 0 Å². The lowest BCUT2D eigenvalue weighted by Crippen LogP contribution is -2.45. The molecule has 0 spiro atoms. The number of halogens is 6. The lowest BCUT2D eigenvalue weighted by molar-refractivity contribution is -0.138. The second-order valence-corrected chi connectivity index (χ2v) is 6.38. The van der Waals surface area contributed by atoms with Crippen LogP contribution in [0, 0.1) is 5.82 Å². The van der Waals surface area contributed by atoms with E-state index in [2.05, 4.69) is 5.32 Å². The van der Waals surface area contributed by atoms with E-state index in [-0.39, 0.29) is 30.4 Å². The summed E-state index contributed by atoms with van der Waals surface area (Å²) in [7, 11) is 0. The molecule has 140 valence electrons. The molecule has 1 aromatic heterocycles. The molecule has 1 N–H and O–H groups in total. The summed E-state index contributed by atoms with van der Waals surface area (Å²) in [6, 6.07) is 6.02. The SMILES string of the molecule is Cl.Cl.Fc1cccc(C(F)(F)F)c1[C@@H](c1cccs1)N1CCNCC1. The summed E-state index contributed by atoms with van der Waals surface area (Å²) in [5, 5.41) is 4.98. The fraction of sp³-hybridized carbons (Fsp3) is 0.375. The van der Waals surface area contributed by atoms with Gasteiger partial charge in [0.1, 0.15) is 5.82 Å². The monoisotopic (exact) mass is 416 g/mol. The van der Waals surface area contributed by atoms with Crippen molar-refractivity contribution in [2.45, 2.75) is 12.2 Å². The first-order valence-electron chi connectivity index (χ1n) is 7.32. The maximum atomic E-state index is 14.4. The van der Waals surface area contributed by atoms with E-state index < -0.39 is 23.6 Å². The van der Waals surface area contributed by atoms with Crippen molar-refractivity contribution in [2.24, 2.45) is 0 Å². The Hall–Kier alpha value is -0.860. The molecule has 1 atom stereocenters. The van der Waals surface area contributed by atoms with Crippen molar-refractivity contribution in [3.8, 4) is 0 Å². The first-order chi connectivity index (χ1) is 11.0. The van der Waals surface area contributed by atoms with Crippen LogP contribution in [0.25, 0.3) is 0 Å². The highest BCUT2D eigenvalue weighted by Gasteiger charge is 2.39. The first-order valence-corrected chi connectivity index (χ1v) is 8.20. The van der Waals surface area contributed by atoms with Crippen molar-refractivity contribution in [3.63, 3.8) is 0 Å². The number of piperazine rings is 1. The Morgan fingerprint density at radius 3 is 2.28 bits per heavy atom. The molecule has 1 aliphatic rings. The number of alkyl halides is 3. The molecule has 1 aromatic carbocycles. The van der Waals surface area contributed by atoms with Gasteiger partial charge in [-0.05, 0) is 23.6 Å².